The van der Waals surface area contributed by atoms with Gasteiger partial charge in [0.2, 0.25) is 0 Å². The first-order valence-electron chi connectivity index (χ1n) is 2.62. The minimum atomic E-state index is -1.20. The quantitative estimate of drug-likeness (QED) is 0.263. The molecule has 1 N–H and O–H groups in total. The molecule has 0 radical (unpaired) electrons. The van der Waals surface area contributed by atoms with Gasteiger partial charge >= 0.3 is 18.4 Å². The third kappa shape index (κ3) is 3.85. The molecule has 0 fully saturated rings. The van der Waals surface area contributed by atoms with E-state index in [1.54, 1.807) is 0 Å². The molecule has 0 aliphatic heterocycles. The second-order valence-corrected chi connectivity index (χ2v) is 1.68. The van der Waals surface area contributed by atoms with Gasteiger partial charge in [0.15, 0.2) is 0 Å². The minimum Gasteiger partial charge on any atom is -0.481 e. The third-order valence-electron chi connectivity index (χ3n) is 0.808. The number of carbonyl (C=O) groups is 3. The molecule has 0 rings (SSSR count). The van der Waals surface area contributed by atoms with Crippen LogP contribution in [0.2, 0.25) is 0 Å². The number of rotatable bonds is 4. The summed E-state index contributed by atoms with van der Waals surface area (Å²) in [4.78, 5) is 30.0. The largest absolute Gasteiger partial charge is 0.481 e. The van der Waals surface area contributed by atoms with Crippen LogP contribution in [-0.2, 0) is 19.1 Å². The topological polar surface area (TPSA) is 80.7 Å². The second kappa shape index (κ2) is 4.21. The molecule has 0 aliphatic carbocycles. The molecule has 0 aromatic heterocycles. The van der Waals surface area contributed by atoms with E-state index < -0.39 is 18.4 Å². The molecular weight excluding hydrogens is 152 g/mol. The molecular formula is C6H6O5. The first-order valence-corrected chi connectivity index (χ1v) is 2.62. The van der Waals surface area contributed by atoms with Crippen molar-refractivity contribution in [2.24, 2.45) is 0 Å². The molecule has 0 unspecified atom stereocenters. The zero-order chi connectivity index (χ0) is 8.85. The van der Waals surface area contributed by atoms with Gasteiger partial charge < -0.3 is 9.84 Å². The van der Waals surface area contributed by atoms with E-state index in [1.165, 1.54) is 0 Å². The molecule has 0 amide bonds. The van der Waals surface area contributed by atoms with Crippen LogP contribution in [0.1, 0.15) is 6.42 Å². The van der Waals surface area contributed by atoms with Gasteiger partial charge in [0.1, 0.15) is 0 Å². The summed E-state index contributed by atoms with van der Waals surface area (Å²) in [7, 11) is 0. The van der Waals surface area contributed by atoms with Crippen molar-refractivity contribution in [1.82, 2.24) is 0 Å². The maximum Gasteiger partial charge on any atom is 0.341 e. The normalized spacial score (nSPS) is 8.36. The molecule has 0 aromatic carbocycles. The summed E-state index contributed by atoms with van der Waals surface area (Å²) in [6.45, 7) is 3.03. The summed E-state index contributed by atoms with van der Waals surface area (Å²) in [5, 5.41) is 8.14. The fraction of sp³-hybridized carbons (Fsp3) is 0.167. The van der Waals surface area contributed by atoms with E-state index in [0.29, 0.717) is 0 Å². The highest BCUT2D eigenvalue weighted by Gasteiger charge is 2.11. The summed E-state index contributed by atoms with van der Waals surface area (Å²) < 4.78 is 3.82. The number of aliphatic carboxylic acids is 1. The van der Waals surface area contributed by atoms with Crippen LogP contribution >= 0.6 is 0 Å². The standard InChI is InChI=1S/C6H6O5/c1-4(2-5(8)9)6(10)11-3-7/h3H,1-2H2,(H,8,9). The monoisotopic (exact) mass is 158 g/mol. The zero-order valence-corrected chi connectivity index (χ0v) is 5.57. The Hall–Kier alpha value is -1.65. The first-order chi connectivity index (χ1) is 5.07. The SMILES string of the molecule is C=C(CC(=O)O)C(=O)OC=O. The molecule has 0 saturated heterocycles. The van der Waals surface area contributed by atoms with Gasteiger partial charge in [-0.2, -0.15) is 0 Å². The van der Waals surface area contributed by atoms with Crippen LogP contribution in [-0.4, -0.2) is 23.5 Å². The van der Waals surface area contributed by atoms with E-state index in [0.717, 1.165) is 0 Å². The second-order valence-electron chi connectivity index (χ2n) is 1.68. The maximum absolute atomic E-state index is 10.5. The summed E-state index contributed by atoms with van der Waals surface area (Å²) in [6.07, 6.45) is -0.521. The Morgan fingerprint density at radius 3 is 2.45 bits per heavy atom. The van der Waals surface area contributed by atoms with E-state index in [-0.39, 0.29) is 12.0 Å². The lowest BCUT2D eigenvalue weighted by Gasteiger charge is -1.96. The highest BCUT2D eigenvalue weighted by atomic mass is 16.6. The summed E-state index contributed by atoms with van der Waals surface area (Å²) >= 11 is 0. The van der Waals surface area contributed by atoms with Gasteiger partial charge in [-0.15, -0.1) is 0 Å². The van der Waals surface area contributed by atoms with Crippen LogP contribution in [0.25, 0.3) is 0 Å². The van der Waals surface area contributed by atoms with Crippen LogP contribution in [0.15, 0.2) is 12.2 Å². The van der Waals surface area contributed by atoms with Crippen LogP contribution in [0, 0.1) is 0 Å². The number of hydrogen-bond acceptors (Lipinski definition) is 4. The van der Waals surface area contributed by atoms with Crippen LogP contribution in [0.5, 0.6) is 0 Å². The van der Waals surface area contributed by atoms with Gasteiger partial charge in [-0.3, -0.25) is 9.59 Å². The van der Waals surface area contributed by atoms with Crippen molar-refractivity contribution in [3.05, 3.63) is 12.2 Å². The van der Waals surface area contributed by atoms with Crippen molar-refractivity contribution in [3.8, 4) is 0 Å². The molecule has 5 nitrogen and oxygen atoms in total. The Balaban J connectivity index is 3.93. The van der Waals surface area contributed by atoms with Crippen molar-refractivity contribution in [3.63, 3.8) is 0 Å². The Bertz CT molecular complexity index is 205. The molecule has 0 bridgehead atoms. The smallest absolute Gasteiger partial charge is 0.341 e. The molecule has 0 saturated carbocycles. The highest BCUT2D eigenvalue weighted by Crippen LogP contribution is 1.99. The van der Waals surface area contributed by atoms with Crippen molar-refractivity contribution in [2.45, 2.75) is 6.42 Å². The van der Waals surface area contributed by atoms with E-state index in [4.69, 9.17) is 5.11 Å². The van der Waals surface area contributed by atoms with Gasteiger partial charge in [-0.25, -0.2) is 4.79 Å². The molecule has 0 spiro atoms. The van der Waals surface area contributed by atoms with Crippen LogP contribution in [0.3, 0.4) is 0 Å². The van der Waals surface area contributed by atoms with Gasteiger partial charge in [-0.05, 0) is 0 Å². The number of carbonyl (C=O) groups excluding carboxylic acids is 2. The van der Waals surface area contributed by atoms with Gasteiger partial charge in [0.25, 0.3) is 0 Å². The summed E-state index contributed by atoms with van der Waals surface area (Å²) in [5.41, 5.74) is -0.260. The fourth-order valence-corrected chi connectivity index (χ4v) is 0.382. The van der Waals surface area contributed by atoms with Gasteiger partial charge in [0, 0.05) is 5.57 Å². The van der Waals surface area contributed by atoms with Gasteiger partial charge in [-0.1, -0.05) is 6.58 Å². The molecule has 60 valence electrons. The number of ether oxygens (including phenoxy) is 1. The maximum atomic E-state index is 10.5. The first kappa shape index (κ1) is 9.35. The van der Waals surface area contributed by atoms with E-state index >= 15 is 0 Å². The lowest BCUT2D eigenvalue weighted by Crippen LogP contribution is -2.09. The van der Waals surface area contributed by atoms with E-state index in [1.807, 2.05) is 0 Å². The van der Waals surface area contributed by atoms with Crippen molar-refractivity contribution in [1.29, 1.82) is 0 Å². The van der Waals surface area contributed by atoms with Crippen molar-refractivity contribution in [2.75, 3.05) is 0 Å². The molecule has 0 heterocycles. The van der Waals surface area contributed by atoms with Crippen molar-refractivity contribution >= 4 is 18.4 Å². The Labute approximate surface area is 62.3 Å². The lowest BCUT2D eigenvalue weighted by molar-refractivity contribution is -0.149. The molecule has 11 heavy (non-hydrogen) atoms. The molecule has 0 aliphatic rings. The highest BCUT2D eigenvalue weighted by molar-refractivity contribution is 5.95. The van der Waals surface area contributed by atoms with Crippen LogP contribution < -0.4 is 0 Å². The average molecular weight is 158 g/mol. The Morgan fingerprint density at radius 1 is 1.55 bits per heavy atom. The summed E-state index contributed by atoms with van der Waals surface area (Å²) in [6, 6.07) is 0. The lowest BCUT2D eigenvalue weighted by atomic mass is 10.2. The third-order valence-corrected chi connectivity index (χ3v) is 0.808. The van der Waals surface area contributed by atoms with E-state index in [2.05, 4.69) is 11.3 Å². The summed E-state index contributed by atoms with van der Waals surface area (Å²) in [5.74, 6) is -2.21. The van der Waals surface area contributed by atoms with Crippen LogP contribution in [0.4, 0.5) is 0 Å². The number of hydrogen-bond donors (Lipinski definition) is 1. The predicted molar refractivity (Wildman–Crippen MR) is 33.5 cm³/mol. The Morgan fingerprint density at radius 2 is 2.09 bits per heavy atom. The minimum absolute atomic E-state index is 0.0740. The fourth-order valence-electron chi connectivity index (χ4n) is 0.382. The zero-order valence-electron chi connectivity index (χ0n) is 5.57. The molecule has 5 heteroatoms. The number of esters is 1. The Kier molecular flexibility index (Phi) is 3.58. The van der Waals surface area contributed by atoms with Gasteiger partial charge in [0.05, 0.1) is 6.42 Å². The molecule has 0 aromatic rings. The van der Waals surface area contributed by atoms with E-state index in [9.17, 15) is 14.4 Å². The number of carboxylic acid groups (broad SMARTS) is 1. The average Bonchev–Trinajstić information content (AvgIpc) is 1.86. The van der Waals surface area contributed by atoms with Crippen molar-refractivity contribution < 1.29 is 24.2 Å². The molecule has 0 atom stereocenters. The number of carboxylic acids is 1. The predicted octanol–water partition coefficient (Wildman–Crippen LogP) is -0.283.